The second-order valence-electron chi connectivity index (χ2n) is 13.0. The topological polar surface area (TPSA) is 152 Å². The third kappa shape index (κ3) is 10.5. The molecule has 0 bridgehead atoms. The second-order valence-corrected chi connectivity index (χ2v) is 15.2. The zero-order chi connectivity index (χ0) is 38.8. The molecule has 1 aromatic heterocycles. The van der Waals surface area contributed by atoms with Crippen LogP contribution in [0.3, 0.4) is 0 Å². The number of thiophene rings is 1. The van der Waals surface area contributed by atoms with Crippen LogP contribution in [0.2, 0.25) is 0 Å². The summed E-state index contributed by atoms with van der Waals surface area (Å²) in [6.45, 7) is 7.89. The molecule has 282 valence electrons. The molecule has 12 nitrogen and oxygen atoms in total. The third-order valence-corrected chi connectivity index (χ3v) is 10.00. The van der Waals surface area contributed by atoms with Crippen LogP contribution in [0.25, 0.3) is 6.08 Å². The van der Waals surface area contributed by atoms with Gasteiger partial charge in [-0.05, 0) is 82.2 Å². The highest BCUT2D eigenvalue weighted by Crippen LogP contribution is 2.38. The van der Waals surface area contributed by atoms with E-state index in [2.05, 4.69) is 16.0 Å². The first-order chi connectivity index (χ1) is 25.8. The summed E-state index contributed by atoms with van der Waals surface area (Å²) in [4.78, 5) is 68.8. The Labute approximate surface area is 322 Å². The maximum Gasteiger partial charge on any atom is 0.410 e. The van der Waals surface area contributed by atoms with Gasteiger partial charge in [-0.15, -0.1) is 23.1 Å². The lowest BCUT2D eigenvalue weighted by molar-refractivity contribution is -0.114. The number of carbonyl (C=O) groups is 5. The van der Waals surface area contributed by atoms with Crippen LogP contribution in [-0.4, -0.2) is 66.3 Å². The largest absolute Gasteiger partial charge is 0.496 e. The Bertz CT molecular complexity index is 2060. The third-order valence-electron chi connectivity index (χ3n) is 7.87. The molecular weight excluding hydrogens is 729 g/mol. The Morgan fingerprint density at radius 2 is 1.69 bits per heavy atom. The van der Waals surface area contributed by atoms with Crippen molar-refractivity contribution in [3.8, 4) is 5.75 Å². The number of nitrogens with zero attached hydrogens (tertiary/aromatic N) is 1. The molecule has 14 heteroatoms. The van der Waals surface area contributed by atoms with Crippen molar-refractivity contribution in [2.24, 2.45) is 0 Å². The van der Waals surface area contributed by atoms with Gasteiger partial charge in [-0.1, -0.05) is 42.5 Å². The number of para-hydroxylation sites is 1. The van der Waals surface area contributed by atoms with Crippen molar-refractivity contribution in [3.63, 3.8) is 0 Å². The van der Waals surface area contributed by atoms with E-state index >= 15 is 0 Å². The Balaban J connectivity index is 1.28. The number of anilines is 2. The highest BCUT2D eigenvalue weighted by atomic mass is 32.2. The van der Waals surface area contributed by atoms with E-state index in [0.717, 1.165) is 10.4 Å². The molecule has 0 fully saturated rings. The van der Waals surface area contributed by atoms with Gasteiger partial charge in [0.25, 0.3) is 11.8 Å². The smallest absolute Gasteiger partial charge is 0.410 e. The molecule has 54 heavy (non-hydrogen) atoms. The first-order valence-corrected chi connectivity index (χ1v) is 19.0. The average molecular weight is 771 g/mol. The monoisotopic (exact) mass is 770 g/mol. The number of fused-ring (bicyclic) bond motifs is 1. The fourth-order valence-corrected chi connectivity index (χ4v) is 7.47. The summed E-state index contributed by atoms with van der Waals surface area (Å²) in [5.41, 5.74) is 1.82. The van der Waals surface area contributed by atoms with Crippen LogP contribution in [0.5, 0.6) is 5.75 Å². The minimum Gasteiger partial charge on any atom is -0.496 e. The van der Waals surface area contributed by atoms with Crippen molar-refractivity contribution in [3.05, 3.63) is 112 Å². The summed E-state index contributed by atoms with van der Waals surface area (Å²) in [7, 11) is 1.52. The van der Waals surface area contributed by atoms with E-state index in [1.54, 1.807) is 118 Å². The Hall–Kier alpha value is -5.60. The minimum absolute atomic E-state index is 0.00163. The molecule has 1 aliphatic rings. The van der Waals surface area contributed by atoms with Gasteiger partial charge >= 0.3 is 12.1 Å². The zero-order valence-electron chi connectivity index (χ0n) is 30.6. The van der Waals surface area contributed by atoms with Crippen molar-refractivity contribution < 1.29 is 38.2 Å². The van der Waals surface area contributed by atoms with Gasteiger partial charge in [0.05, 0.1) is 31.6 Å². The SMILES string of the molecule is CCOC(=O)c1c(NC(=O)CSc2cccc(NC(=O)/C(=C\c3ccccc3OC)NC(=O)c3ccccc3)c2)sc2c1CCN(C(=O)OC(C)(C)C)C2. The van der Waals surface area contributed by atoms with Gasteiger partial charge in [0.1, 0.15) is 22.0 Å². The number of esters is 1. The lowest BCUT2D eigenvalue weighted by atomic mass is 10.0. The predicted octanol–water partition coefficient (Wildman–Crippen LogP) is 7.37. The molecular formula is C40H42N4O8S2. The quantitative estimate of drug-likeness (QED) is 0.0762. The number of amides is 4. The normalized spacial score (nSPS) is 12.6. The molecule has 5 rings (SSSR count). The van der Waals surface area contributed by atoms with Gasteiger partial charge in [0.15, 0.2) is 0 Å². The van der Waals surface area contributed by atoms with Gasteiger partial charge in [-0.2, -0.15) is 0 Å². The molecule has 3 N–H and O–H groups in total. The number of hydrogen-bond acceptors (Lipinski definition) is 10. The number of carbonyl (C=O) groups excluding carboxylic acids is 5. The van der Waals surface area contributed by atoms with E-state index in [9.17, 15) is 24.0 Å². The summed E-state index contributed by atoms with van der Waals surface area (Å²) in [5.74, 6) is -1.39. The summed E-state index contributed by atoms with van der Waals surface area (Å²) in [6, 6.07) is 22.6. The molecule has 0 unspecified atom stereocenters. The number of benzene rings is 3. The van der Waals surface area contributed by atoms with Crippen LogP contribution in [0.1, 0.15) is 64.4 Å². The molecule has 0 radical (unpaired) electrons. The van der Waals surface area contributed by atoms with Gasteiger partial charge in [-0.25, -0.2) is 9.59 Å². The Morgan fingerprint density at radius 1 is 0.944 bits per heavy atom. The predicted molar refractivity (Wildman–Crippen MR) is 210 cm³/mol. The number of nitrogens with one attached hydrogen (secondary N) is 3. The molecule has 1 aliphatic heterocycles. The summed E-state index contributed by atoms with van der Waals surface area (Å²) >= 11 is 2.48. The van der Waals surface area contributed by atoms with E-state index in [0.29, 0.717) is 51.0 Å². The first-order valence-electron chi connectivity index (χ1n) is 17.2. The molecule has 0 saturated heterocycles. The molecule has 0 atom stereocenters. The maximum absolute atomic E-state index is 13.6. The Morgan fingerprint density at radius 3 is 2.41 bits per heavy atom. The average Bonchev–Trinajstić information content (AvgIpc) is 3.50. The summed E-state index contributed by atoms with van der Waals surface area (Å²) < 4.78 is 16.3. The summed E-state index contributed by atoms with van der Waals surface area (Å²) in [5, 5.41) is 8.81. The van der Waals surface area contributed by atoms with Crippen molar-refractivity contribution in [2.45, 2.75) is 51.2 Å². The van der Waals surface area contributed by atoms with Crippen LogP contribution >= 0.6 is 23.1 Å². The number of methoxy groups -OCH3 is 1. The van der Waals surface area contributed by atoms with E-state index < -0.39 is 29.5 Å². The fourth-order valence-electron chi connectivity index (χ4n) is 5.45. The zero-order valence-corrected chi connectivity index (χ0v) is 32.3. The van der Waals surface area contributed by atoms with Crippen molar-refractivity contribution in [1.82, 2.24) is 10.2 Å². The van der Waals surface area contributed by atoms with E-state index in [1.807, 2.05) is 0 Å². The van der Waals surface area contributed by atoms with E-state index in [-0.39, 0.29) is 30.5 Å². The van der Waals surface area contributed by atoms with Crippen LogP contribution < -0.4 is 20.7 Å². The fraction of sp³-hybridized carbons (Fsp3) is 0.275. The molecule has 0 aliphatic carbocycles. The minimum atomic E-state index is -0.651. The molecule has 0 saturated carbocycles. The number of thioether (sulfide) groups is 1. The van der Waals surface area contributed by atoms with Crippen molar-refractivity contribution >= 4 is 69.6 Å². The van der Waals surface area contributed by atoms with Crippen LogP contribution in [0.15, 0.2) is 89.5 Å². The highest BCUT2D eigenvalue weighted by Gasteiger charge is 2.32. The molecule has 2 heterocycles. The van der Waals surface area contributed by atoms with Crippen molar-refractivity contribution in [1.29, 1.82) is 0 Å². The van der Waals surface area contributed by atoms with Gasteiger partial charge in [0, 0.05) is 33.1 Å². The van der Waals surface area contributed by atoms with Gasteiger partial charge < -0.3 is 35.1 Å². The van der Waals surface area contributed by atoms with E-state index in [1.165, 1.54) is 30.2 Å². The van der Waals surface area contributed by atoms with Crippen LogP contribution in [0, 0.1) is 0 Å². The standard InChI is InChI=1S/C40H42N4O8S2/c1-6-51-38(48)34-29-19-20-44(39(49)52-40(2,3)4)23-32(29)54-37(34)43-33(45)24-53-28-17-12-16-27(22-28)41-36(47)30(21-26-15-10-11-18-31(26)50-5)42-35(46)25-13-8-7-9-14-25/h7-18,21-22H,6,19-20,23-24H2,1-5H3,(H,41,47)(H,42,46)(H,43,45)/b30-21+. The number of rotatable bonds is 12. The lowest BCUT2D eigenvalue weighted by Gasteiger charge is -2.30. The maximum atomic E-state index is 13.6. The molecule has 3 aromatic carbocycles. The molecule has 0 spiro atoms. The summed E-state index contributed by atoms with van der Waals surface area (Å²) in [6.07, 6.45) is 1.51. The van der Waals surface area contributed by atoms with Crippen LogP contribution in [0.4, 0.5) is 15.5 Å². The highest BCUT2D eigenvalue weighted by molar-refractivity contribution is 8.00. The Kier molecular flexibility index (Phi) is 13.2. The second kappa shape index (κ2) is 18.0. The molecule has 4 amide bonds. The number of ether oxygens (including phenoxy) is 3. The van der Waals surface area contributed by atoms with Gasteiger partial charge in [-0.3, -0.25) is 14.4 Å². The molecule has 4 aromatic rings. The van der Waals surface area contributed by atoms with E-state index in [4.69, 9.17) is 14.2 Å². The lowest BCUT2D eigenvalue weighted by Crippen LogP contribution is -2.39. The van der Waals surface area contributed by atoms with Gasteiger partial charge in [0.2, 0.25) is 5.91 Å². The van der Waals surface area contributed by atoms with Crippen molar-refractivity contribution in [2.75, 3.05) is 36.6 Å². The van der Waals surface area contributed by atoms with Crippen LogP contribution in [-0.2, 0) is 32.0 Å². The number of hydrogen-bond donors (Lipinski definition) is 3. The first kappa shape index (κ1) is 39.6.